The molecule has 2 aliphatic rings. The van der Waals surface area contributed by atoms with E-state index in [0.29, 0.717) is 5.65 Å². The highest BCUT2D eigenvalue weighted by Crippen LogP contribution is 2.54. The van der Waals surface area contributed by atoms with Crippen LogP contribution < -0.4 is 5.56 Å². The molecular weight excluding hydrogens is 348 g/mol. The number of imidazole rings is 1. The second-order valence-electron chi connectivity index (χ2n) is 7.72. The van der Waals surface area contributed by atoms with Crippen LogP contribution in [0.3, 0.4) is 0 Å². The summed E-state index contributed by atoms with van der Waals surface area (Å²) in [6.45, 7) is 1.90. The van der Waals surface area contributed by atoms with Crippen molar-refractivity contribution >= 4 is 5.65 Å². The van der Waals surface area contributed by atoms with Gasteiger partial charge in [0.2, 0.25) is 5.65 Å². The van der Waals surface area contributed by atoms with Gasteiger partial charge in [0.05, 0.1) is 16.9 Å². The molecule has 28 heavy (non-hydrogen) atoms. The van der Waals surface area contributed by atoms with Crippen molar-refractivity contribution in [1.29, 1.82) is 0 Å². The summed E-state index contributed by atoms with van der Waals surface area (Å²) in [5.74, 6) is 0. The number of nitrogens with one attached hydrogen (secondary N) is 1. The summed E-state index contributed by atoms with van der Waals surface area (Å²) in [4.78, 5) is 22.7. The van der Waals surface area contributed by atoms with Gasteiger partial charge < -0.3 is 4.98 Å². The molecule has 1 atom stereocenters. The molecule has 1 aliphatic carbocycles. The lowest BCUT2D eigenvalue weighted by atomic mass is 9.87. The van der Waals surface area contributed by atoms with Crippen LogP contribution in [0.4, 0.5) is 0 Å². The van der Waals surface area contributed by atoms with Gasteiger partial charge in [-0.3, -0.25) is 14.1 Å². The number of hydrogen-bond donors (Lipinski definition) is 1. The SMILES string of the molecule is O=c1[nH]c2c(n3ccnc13)C1(CCCN1Cc1ccccc1)c1ccccc1-2. The predicted molar refractivity (Wildman–Crippen MR) is 108 cm³/mol. The van der Waals surface area contributed by atoms with E-state index in [1.54, 1.807) is 6.20 Å². The Morgan fingerprint density at radius 2 is 1.89 bits per heavy atom. The van der Waals surface area contributed by atoms with Gasteiger partial charge in [0.25, 0.3) is 5.56 Å². The fourth-order valence-corrected chi connectivity index (χ4v) is 5.26. The molecule has 5 heteroatoms. The summed E-state index contributed by atoms with van der Waals surface area (Å²) in [6.07, 6.45) is 5.80. The van der Waals surface area contributed by atoms with Crippen molar-refractivity contribution in [2.24, 2.45) is 0 Å². The third-order valence-corrected chi connectivity index (χ3v) is 6.32. The largest absolute Gasteiger partial charge is 0.317 e. The molecule has 1 fully saturated rings. The molecule has 0 radical (unpaired) electrons. The van der Waals surface area contributed by atoms with E-state index in [4.69, 9.17) is 0 Å². The number of aromatic nitrogens is 3. The molecule has 0 amide bonds. The highest BCUT2D eigenvalue weighted by molar-refractivity contribution is 5.78. The molecule has 3 heterocycles. The van der Waals surface area contributed by atoms with Crippen molar-refractivity contribution in [1.82, 2.24) is 19.3 Å². The molecule has 2 aromatic heterocycles. The first-order chi connectivity index (χ1) is 13.8. The molecule has 0 saturated carbocycles. The third kappa shape index (κ3) is 1.94. The van der Waals surface area contributed by atoms with E-state index in [9.17, 15) is 4.79 Å². The number of likely N-dealkylation sites (tertiary alicyclic amines) is 1. The van der Waals surface area contributed by atoms with Gasteiger partial charge >= 0.3 is 0 Å². The Kier molecular flexibility index (Phi) is 3.20. The fourth-order valence-electron chi connectivity index (χ4n) is 5.26. The maximum absolute atomic E-state index is 12.6. The standard InChI is InChI=1S/C23H20N4O/c28-22-21-24-12-14-27(21)20-19(25-22)17-9-4-5-10-18(17)23(20)11-6-13-26(23)15-16-7-2-1-3-8-16/h1-5,7-10,12,14H,6,11,13,15H2,(H,25,28). The minimum absolute atomic E-state index is 0.136. The van der Waals surface area contributed by atoms with E-state index < -0.39 is 0 Å². The topological polar surface area (TPSA) is 53.4 Å². The monoisotopic (exact) mass is 368 g/mol. The minimum atomic E-state index is -0.245. The maximum atomic E-state index is 12.6. The van der Waals surface area contributed by atoms with Gasteiger partial charge in [0.1, 0.15) is 0 Å². The summed E-state index contributed by atoms with van der Waals surface area (Å²) >= 11 is 0. The zero-order valence-electron chi connectivity index (χ0n) is 15.4. The second-order valence-corrected chi connectivity index (χ2v) is 7.72. The molecule has 1 spiro atoms. The Hall–Kier alpha value is -3.18. The van der Waals surface area contributed by atoms with E-state index >= 15 is 0 Å². The van der Waals surface area contributed by atoms with Crippen molar-refractivity contribution in [3.63, 3.8) is 0 Å². The molecule has 138 valence electrons. The van der Waals surface area contributed by atoms with Crippen molar-refractivity contribution in [3.05, 3.63) is 94.2 Å². The van der Waals surface area contributed by atoms with E-state index in [2.05, 4.69) is 69.5 Å². The van der Waals surface area contributed by atoms with Gasteiger partial charge in [0, 0.05) is 24.5 Å². The van der Waals surface area contributed by atoms with Crippen LogP contribution >= 0.6 is 0 Å². The van der Waals surface area contributed by atoms with Crippen LogP contribution in [0.1, 0.15) is 29.7 Å². The molecule has 1 aliphatic heterocycles. The number of benzene rings is 2. The zero-order chi connectivity index (χ0) is 18.7. The van der Waals surface area contributed by atoms with Gasteiger partial charge in [-0.05, 0) is 30.5 Å². The Labute approximate surface area is 162 Å². The molecule has 1 unspecified atom stereocenters. The molecule has 0 bridgehead atoms. The van der Waals surface area contributed by atoms with E-state index in [1.165, 1.54) is 11.1 Å². The van der Waals surface area contributed by atoms with Crippen molar-refractivity contribution in [3.8, 4) is 11.3 Å². The number of fused-ring (bicyclic) bond motifs is 7. The average molecular weight is 368 g/mol. The van der Waals surface area contributed by atoms with Crippen molar-refractivity contribution in [2.45, 2.75) is 24.9 Å². The average Bonchev–Trinajstić information content (AvgIpc) is 3.42. The van der Waals surface area contributed by atoms with Crippen molar-refractivity contribution < 1.29 is 0 Å². The smallest absolute Gasteiger partial charge is 0.292 e. The number of H-pyrrole nitrogens is 1. The number of aromatic amines is 1. The molecule has 1 N–H and O–H groups in total. The van der Waals surface area contributed by atoms with Gasteiger partial charge in [0.15, 0.2) is 0 Å². The Morgan fingerprint density at radius 1 is 1.07 bits per heavy atom. The number of rotatable bonds is 2. The van der Waals surface area contributed by atoms with Crippen molar-refractivity contribution in [2.75, 3.05) is 6.54 Å². The van der Waals surface area contributed by atoms with E-state index in [0.717, 1.165) is 42.9 Å². The lowest BCUT2D eigenvalue weighted by Crippen LogP contribution is -2.42. The molecule has 2 aromatic carbocycles. The Balaban J connectivity index is 1.65. The normalized spacial score (nSPS) is 20.7. The van der Waals surface area contributed by atoms with Gasteiger partial charge in [-0.2, -0.15) is 0 Å². The molecule has 5 nitrogen and oxygen atoms in total. The summed E-state index contributed by atoms with van der Waals surface area (Å²) < 4.78 is 2.01. The first-order valence-corrected chi connectivity index (χ1v) is 9.78. The minimum Gasteiger partial charge on any atom is -0.317 e. The predicted octanol–water partition coefficient (Wildman–Crippen LogP) is 3.54. The second kappa shape index (κ2) is 5.66. The molecule has 6 rings (SSSR count). The van der Waals surface area contributed by atoms with Crippen LogP contribution in [0, 0.1) is 0 Å². The third-order valence-electron chi connectivity index (χ3n) is 6.32. The van der Waals surface area contributed by atoms with Crippen LogP contribution in [0.2, 0.25) is 0 Å². The fraction of sp³-hybridized carbons (Fsp3) is 0.217. The quantitative estimate of drug-likeness (QED) is 0.589. The maximum Gasteiger partial charge on any atom is 0.292 e. The summed E-state index contributed by atoms with van der Waals surface area (Å²) in [5, 5.41) is 0. The number of nitrogens with zero attached hydrogens (tertiary/aromatic N) is 3. The Morgan fingerprint density at radius 3 is 2.79 bits per heavy atom. The molecular formula is C23H20N4O. The summed E-state index contributed by atoms with van der Waals surface area (Å²) in [5.41, 5.74) is 5.90. The Bertz CT molecular complexity index is 1260. The molecule has 4 aromatic rings. The molecule has 1 saturated heterocycles. The van der Waals surface area contributed by atoms with Gasteiger partial charge in [-0.25, -0.2) is 4.98 Å². The first kappa shape index (κ1) is 15.8. The summed E-state index contributed by atoms with van der Waals surface area (Å²) in [7, 11) is 0. The zero-order valence-corrected chi connectivity index (χ0v) is 15.4. The van der Waals surface area contributed by atoms with Gasteiger partial charge in [-0.1, -0.05) is 54.6 Å². The number of hydrogen-bond acceptors (Lipinski definition) is 3. The van der Waals surface area contributed by atoms with Crippen LogP contribution in [-0.4, -0.2) is 25.8 Å². The van der Waals surface area contributed by atoms with Crippen LogP contribution in [0.15, 0.2) is 71.8 Å². The lowest BCUT2D eigenvalue weighted by Gasteiger charge is -2.37. The highest BCUT2D eigenvalue weighted by Gasteiger charge is 2.52. The van der Waals surface area contributed by atoms with Gasteiger partial charge in [-0.15, -0.1) is 0 Å². The first-order valence-electron chi connectivity index (χ1n) is 9.78. The van der Waals surface area contributed by atoms with E-state index in [-0.39, 0.29) is 11.1 Å². The van der Waals surface area contributed by atoms with Crippen LogP contribution in [0.25, 0.3) is 16.9 Å². The van der Waals surface area contributed by atoms with Crippen LogP contribution in [0.5, 0.6) is 0 Å². The highest BCUT2D eigenvalue weighted by atomic mass is 16.1. The van der Waals surface area contributed by atoms with Crippen LogP contribution in [-0.2, 0) is 12.1 Å². The lowest BCUT2D eigenvalue weighted by molar-refractivity contribution is 0.167. The summed E-state index contributed by atoms with van der Waals surface area (Å²) in [6, 6.07) is 19.1. The van der Waals surface area contributed by atoms with E-state index in [1.807, 2.05) is 10.6 Å².